The third-order valence-electron chi connectivity index (χ3n) is 3.73. The van der Waals surface area contributed by atoms with Crippen molar-refractivity contribution in [3.8, 4) is 5.75 Å². The highest BCUT2D eigenvalue weighted by molar-refractivity contribution is 6.30. The zero-order valence-corrected chi connectivity index (χ0v) is 14.5. The van der Waals surface area contributed by atoms with Crippen LogP contribution < -0.4 is 4.74 Å². The fourth-order valence-electron chi connectivity index (χ4n) is 2.44. The molecule has 2 rings (SSSR count). The molecule has 5 nitrogen and oxygen atoms in total. The van der Waals surface area contributed by atoms with Gasteiger partial charge in [0, 0.05) is 43.5 Å². The molecule has 1 aliphatic heterocycles. The third-order valence-corrected chi connectivity index (χ3v) is 4.17. The van der Waals surface area contributed by atoms with Crippen molar-refractivity contribution < 1.29 is 14.3 Å². The van der Waals surface area contributed by atoms with Crippen molar-refractivity contribution in [3.63, 3.8) is 0 Å². The predicted octanol–water partition coefficient (Wildman–Crippen LogP) is 2.41. The first-order valence-electron chi connectivity index (χ1n) is 7.56. The number of hydrogen-bond acceptors (Lipinski definition) is 3. The van der Waals surface area contributed by atoms with Crippen LogP contribution in [0.5, 0.6) is 5.75 Å². The van der Waals surface area contributed by atoms with Crippen LogP contribution in [0.15, 0.2) is 24.3 Å². The fraction of sp³-hybridized carbons (Fsp3) is 0.500. The quantitative estimate of drug-likeness (QED) is 0.759. The third kappa shape index (κ3) is 5.01. The highest BCUT2D eigenvalue weighted by atomic mass is 35.5. The predicted molar refractivity (Wildman–Crippen MR) is 90.0 cm³/mol. The van der Waals surface area contributed by atoms with E-state index in [4.69, 9.17) is 27.9 Å². The summed E-state index contributed by atoms with van der Waals surface area (Å²) in [6, 6.07) is 6.90. The Morgan fingerprint density at radius 3 is 2.26 bits per heavy atom. The molecule has 0 saturated carbocycles. The van der Waals surface area contributed by atoms with E-state index in [0.717, 1.165) is 0 Å². The van der Waals surface area contributed by atoms with Crippen molar-refractivity contribution in [2.75, 3.05) is 32.1 Å². The summed E-state index contributed by atoms with van der Waals surface area (Å²) in [4.78, 5) is 27.7. The summed E-state index contributed by atoms with van der Waals surface area (Å²) >= 11 is 11.4. The Morgan fingerprint density at radius 2 is 1.70 bits per heavy atom. The number of rotatable bonds is 5. The number of hydrogen-bond donors (Lipinski definition) is 0. The van der Waals surface area contributed by atoms with Gasteiger partial charge >= 0.3 is 0 Å². The number of amides is 2. The van der Waals surface area contributed by atoms with E-state index in [1.807, 2.05) is 0 Å². The monoisotopic (exact) mass is 358 g/mol. The van der Waals surface area contributed by atoms with E-state index in [1.165, 1.54) is 0 Å². The Labute approximate surface area is 146 Å². The van der Waals surface area contributed by atoms with Crippen LogP contribution in [0.3, 0.4) is 0 Å². The second-order valence-corrected chi connectivity index (χ2v) is 6.17. The zero-order chi connectivity index (χ0) is 16.8. The van der Waals surface area contributed by atoms with Crippen LogP contribution in [0.25, 0.3) is 0 Å². The second-order valence-electron chi connectivity index (χ2n) is 5.36. The van der Waals surface area contributed by atoms with E-state index in [2.05, 4.69) is 0 Å². The molecule has 1 atom stereocenters. The highest BCUT2D eigenvalue weighted by Crippen LogP contribution is 2.17. The van der Waals surface area contributed by atoms with E-state index in [-0.39, 0.29) is 11.8 Å². The number of ether oxygens (including phenoxy) is 1. The van der Waals surface area contributed by atoms with Gasteiger partial charge in [-0.3, -0.25) is 9.59 Å². The van der Waals surface area contributed by atoms with Crippen LogP contribution in [0.4, 0.5) is 0 Å². The van der Waals surface area contributed by atoms with Crippen molar-refractivity contribution in [2.45, 2.75) is 19.4 Å². The molecule has 1 fully saturated rings. The molecule has 0 aliphatic carbocycles. The first-order chi connectivity index (χ1) is 11.0. The molecule has 1 aromatic rings. The molecule has 0 N–H and O–H groups in total. The minimum absolute atomic E-state index is 0.0394. The molecule has 1 heterocycles. The highest BCUT2D eigenvalue weighted by Gasteiger charge is 2.27. The molecule has 0 aromatic heterocycles. The van der Waals surface area contributed by atoms with Gasteiger partial charge in [-0.25, -0.2) is 0 Å². The molecule has 0 bridgehead atoms. The van der Waals surface area contributed by atoms with Gasteiger partial charge in [-0.1, -0.05) is 11.6 Å². The molecular weight excluding hydrogens is 339 g/mol. The molecule has 1 saturated heterocycles. The van der Waals surface area contributed by atoms with Crippen LogP contribution in [0.2, 0.25) is 5.02 Å². The van der Waals surface area contributed by atoms with Crippen molar-refractivity contribution in [3.05, 3.63) is 29.3 Å². The summed E-state index contributed by atoms with van der Waals surface area (Å²) < 4.78 is 5.65. The number of halogens is 2. The Hall–Kier alpha value is -1.46. The van der Waals surface area contributed by atoms with Crippen LogP contribution in [-0.2, 0) is 9.59 Å². The average Bonchev–Trinajstić information content (AvgIpc) is 2.56. The maximum Gasteiger partial charge on any atom is 0.263 e. The zero-order valence-electron chi connectivity index (χ0n) is 13.0. The van der Waals surface area contributed by atoms with E-state index < -0.39 is 6.10 Å². The first-order valence-corrected chi connectivity index (χ1v) is 8.47. The Balaban J connectivity index is 1.84. The fourth-order valence-corrected chi connectivity index (χ4v) is 2.73. The van der Waals surface area contributed by atoms with Gasteiger partial charge in [-0.05, 0) is 31.2 Å². The number of piperazine rings is 1. The summed E-state index contributed by atoms with van der Waals surface area (Å²) in [5.74, 6) is 0.886. The molecule has 0 spiro atoms. The minimum Gasteiger partial charge on any atom is -0.481 e. The smallest absolute Gasteiger partial charge is 0.263 e. The standard InChI is InChI=1S/C16H20Cl2N2O3/c1-12(23-14-4-2-13(18)3-5-14)16(22)20-10-8-19(9-11-20)15(21)6-7-17/h2-5,12H,6-11H2,1H3. The Bertz CT molecular complexity index is 543. The largest absolute Gasteiger partial charge is 0.481 e. The number of benzene rings is 1. The summed E-state index contributed by atoms with van der Waals surface area (Å²) in [5, 5.41) is 0.620. The molecule has 23 heavy (non-hydrogen) atoms. The Morgan fingerprint density at radius 1 is 1.13 bits per heavy atom. The average molecular weight is 359 g/mol. The normalized spacial score (nSPS) is 16.1. The topological polar surface area (TPSA) is 49.9 Å². The van der Waals surface area contributed by atoms with Gasteiger partial charge in [-0.15, -0.1) is 11.6 Å². The lowest BCUT2D eigenvalue weighted by Gasteiger charge is -2.35. The molecule has 0 radical (unpaired) electrons. The summed E-state index contributed by atoms with van der Waals surface area (Å²) in [7, 11) is 0. The van der Waals surface area contributed by atoms with Gasteiger partial charge in [0.1, 0.15) is 5.75 Å². The first kappa shape index (κ1) is 17.9. The molecule has 1 unspecified atom stereocenters. The van der Waals surface area contributed by atoms with Gasteiger partial charge in [-0.2, -0.15) is 0 Å². The van der Waals surface area contributed by atoms with E-state index >= 15 is 0 Å². The van der Waals surface area contributed by atoms with Crippen LogP contribution in [-0.4, -0.2) is 59.8 Å². The minimum atomic E-state index is -0.582. The maximum atomic E-state index is 12.4. The van der Waals surface area contributed by atoms with E-state index in [9.17, 15) is 9.59 Å². The van der Waals surface area contributed by atoms with E-state index in [0.29, 0.717) is 49.3 Å². The lowest BCUT2D eigenvalue weighted by Crippen LogP contribution is -2.53. The van der Waals surface area contributed by atoms with Crippen molar-refractivity contribution in [2.24, 2.45) is 0 Å². The summed E-state index contributed by atoms with van der Waals surface area (Å²) in [6.07, 6.45) is -0.243. The second kappa shape index (κ2) is 8.41. The van der Waals surface area contributed by atoms with Crippen molar-refractivity contribution in [1.82, 2.24) is 9.80 Å². The lowest BCUT2D eigenvalue weighted by atomic mass is 10.2. The molecular formula is C16H20Cl2N2O3. The number of alkyl halides is 1. The Kier molecular flexibility index (Phi) is 6.54. The molecule has 1 aromatic carbocycles. The number of carbonyl (C=O) groups excluding carboxylic acids is 2. The van der Waals surface area contributed by atoms with Crippen molar-refractivity contribution in [1.29, 1.82) is 0 Å². The van der Waals surface area contributed by atoms with Crippen LogP contribution >= 0.6 is 23.2 Å². The molecule has 7 heteroatoms. The molecule has 2 amide bonds. The summed E-state index contributed by atoms with van der Waals surface area (Å²) in [5.41, 5.74) is 0. The maximum absolute atomic E-state index is 12.4. The number of nitrogens with zero attached hydrogens (tertiary/aromatic N) is 2. The summed E-state index contributed by atoms with van der Waals surface area (Å²) in [6.45, 7) is 3.83. The number of carbonyl (C=O) groups is 2. The SMILES string of the molecule is CC(Oc1ccc(Cl)cc1)C(=O)N1CCN(C(=O)CCCl)CC1. The van der Waals surface area contributed by atoms with Gasteiger partial charge in [0.05, 0.1) is 0 Å². The lowest BCUT2D eigenvalue weighted by molar-refractivity contribution is -0.143. The van der Waals surface area contributed by atoms with Gasteiger partial charge in [0.2, 0.25) is 5.91 Å². The molecule has 126 valence electrons. The van der Waals surface area contributed by atoms with Crippen LogP contribution in [0.1, 0.15) is 13.3 Å². The van der Waals surface area contributed by atoms with Gasteiger partial charge in [0.25, 0.3) is 5.91 Å². The van der Waals surface area contributed by atoms with E-state index in [1.54, 1.807) is 41.0 Å². The molecule has 1 aliphatic rings. The van der Waals surface area contributed by atoms with Gasteiger partial charge < -0.3 is 14.5 Å². The van der Waals surface area contributed by atoms with Crippen molar-refractivity contribution >= 4 is 35.0 Å². The van der Waals surface area contributed by atoms with Gasteiger partial charge in [0.15, 0.2) is 6.10 Å². The van der Waals surface area contributed by atoms with Crippen LogP contribution in [0, 0.1) is 0 Å².